The summed E-state index contributed by atoms with van der Waals surface area (Å²) in [4.78, 5) is 10.9. The van der Waals surface area contributed by atoms with E-state index in [9.17, 15) is 4.79 Å². The summed E-state index contributed by atoms with van der Waals surface area (Å²) in [7, 11) is 0. The third kappa shape index (κ3) is 3.01. The predicted octanol–water partition coefficient (Wildman–Crippen LogP) is 4.09. The van der Waals surface area contributed by atoms with Crippen LogP contribution in [0.1, 0.15) is 15.9 Å². The van der Waals surface area contributed by atoms with Crippen LogP contribution < -0.4 is 4.74 Å². The van der Waals surface area contributed by atoms with Crippen LogP contribution in [0.5, 0.6) is 11.5 Å². The van der Waals surface area contributed by atoms with Crippen molar-refractivity contribution in [3.05, 3.63) is 57.2 Å². The SMILES string of the molecule is Cc1ccc(C(=O)O)cc1Oc1cccc(I)c1. The van der Waals surface area contributed by atoms with Gasteiger partial charge in [-0.2, -0.15) is 0 Å². The molecule has 0 spiro atoms. The highest BCUT2D eigenvalue weighted by molar-refractivity contribution is 14.1. The second kappa shape index (κ2) is 5.39. The molecule has 0 saturated carbocycles. The van der Waals surface area contributed by atoms with Crippen LogP contribution in [0.4, 0.5) is 0 Å². The number of hydrogen-bond donors (Lipinski definition) is 1. The van der Waals surface area contributed by atoms with E-state index in [-0.39, 0.29) is 5.56 Å². The molecule has 2 rings (SSSR count). The maximum Gasteiger partial charge on any atom is 0.335 e. The van der Waals surface area contributed by atoms with E-state index in [0.717, 1.165) is 9.13 Å². The van der Waals surface area contributed by atoms with Gasteiger partial charge in [0, 0.05) is 3.57 Å². The van der Waals surface area contributed by atoms with Crippen molar-refractivity contribution in [2.24, 2.45) is 0 Å². The Morgan fingerprint density at radius 1 is 1.22 bits per heavy atom. The van der Waals surface area contributed by atoms with Gasteiger partial charge in [-0.15, -0.1) is 0 Å². The molecule has 18 heavy (non-hydrogen) atoms. The Morgan fingerprint density at radius 2 is 2.00 bits per heavy atom. The van der Waals surface area contributed by atoms with Crippen LogP contribution >= 0.6 is 22.6 Å². The lowest BCUT2D eigenvalue weighted by Gasteiger charge is -2.09. The minimum Gasteiger partial charge on any atom is -0.478 e. The number of carbonyl (C=O) groups is 1. The van der Waals surface area contributed by atoms with Crippen molar-refractivity contribution in [3.8, 4) is 11.5 Å². The van der Waals surface area contributed by atoms with E-state index in [1.165, 1.54) is 6.07 Å². The number of carboxylic acids is 1. The van der Waals surface area contributed by atoms with Gasteiger partial charge in [0.05, 0.1) is 5.56 Å². The molecule has 0 aliphatic heterocycles. The molecule has 0 saturated heterocycles. The van der Waals surface area contributed by atoms with Crippen LogP contribution in [0.2, 0.25) is 0 Å². The second-order valence-electron chi connectivity index (χ2n) is 3.84. The minimum absolute atomic E-state index is 0.223. The number of halogens is 1. The number of rotatable bonds is 3. The van der Waals surface area contributed by atoms with Gasteiger partial charge in [-0.1, -0.05) is 12.1 Å². The topological polar surface area (TPSA) is 46.5 Å². The van der Waals surface area contributed by atoms with E-state index >= 15 is 0 Å². The van der Waals surface area contributed by atoms with Crippen molar-refractivity contribution in [1.29, 1.82) is 0 Å². The van der Waals surface area contributed by atoms with Crippen LogP contribution in [0.3, 0.4) is 0 Å². The van der Waals surface area contributed by atoms with Gasteiger partial charge in [-0.25, -0.2) is 4.79 Å². The zero-order valence-electron chi connectivity index (χ0n) is 9.68. The van der Waals surface area contributed by atoms with Gasteiger partial charge in [0.2, 0.25) is 0 Å². The summed E-state index contributed by atoms with van der Waals surface area (Å²) in [5.74, 6) is 0.312. The van der Waals surface area contributed by atoms with E-state index < -0.39 is 5.97 Å². The number of aromatic carboxylic acids is 1. The number of ether oxygens (including phenoxy) is 1. The van der Waals surface area contributed by atoms with Crippen molar-refractivity contribution < 1.29 is 14.6 Å². The van der Waals surface area contributed by atoms with Gasteiger partial charge in [0.15, 0.2) is 0 Å². The van der Waals surface area contributed by atoms with Crippen LogP contribution in [0.15, 0.2) is 42.5 Å². The summed E-state index contributed by atoms with van der Waals surface area (Å²) in [6.45, 7) is 1.88. The fourth-order valence-electron chi connectivity index (χ4n) is 1.50. The first-order valence-corrected chi connectivity index (χ1v) is 6.41. The van der Waals surface area contributed by atoms with Crippen LogP contribution in [-0.4, -0.2) is 11.1 Å². The molecule has 2 aromatic carbocycles. The highest BCUT2D eigenvalue weighted by Crippen LogP contribution is 2.27. The Bertz CT molecular complexity index is 593. The molecule has 0 fully saturated rings. The lowest BCUT2D eigenvalue weighted by molar-refractivity contribution is 0.0696. The molecule has 0 heterocycles. The van der Waals surface area contributed by atoms with Crippen molar-refractivity contribution in [2.45, 2.75) is 6.92 Å². The molecule has 0 atom stereocenters. The largest absolute Gasteiger partial charge is 0.478 e. The normalized spacial score (nSPS) is 10.1. The Kier molecular flexibility index (Phi) is 3.86. The van der Waals surface area contributed by atoms with Crippen molar-refractivity contribution in [3.63, 3.8) is 0 Å². The van der Waals surface area contributed by atoms with Crippen LogP contribution in [0, 0.1) is 10.5 Å². The molecule has 2 aromatic rings. The number of hydrogen-bond acceptors (Lipinski definition) is 2. The fourth-order valence-corrected chi connectivity index (χ4v) is 2.02. The lowest BCUT2D eigenvalue weighted by Crippen LogP contribution is -1.97. The molecular formula is C14H11IO3. The Hall–Kier alpha value is -1.56. The number of benzene rings is 2. The lowest BCUT2D eigenvalue weighted by atomic mass is 10.1. The molecule has 0 aliphatic rings. The average molecular weight is 354 g/mol. The van der Waals surface area contributed by atoms with Crippen LogP contribution in [0.25, 0.3) is 0 Å². The van der Waals surface area contributed by atoms with E-state index in [1.807, 2.05) is 31.2 Å². The molecule has 3 nitrogen and oxygen atoms in total. The first-order valence-electron chi connectivity index (χ1n) is 5.33. The number of carboxylic acid groups (broad SMARTS) is 1. The third-order valence-electron chi connectivity index (χ3n) is 2.46. The summed E-state index contributed by atoms with van der Waals surface area (Å²) < 4.78 is 6.78. The monoisotopic (exact) mass is 354 g/mol. The van der Waals surface area contributed by atoms with Gasteiger partial charge in [0.25, 0.3) is 0 Å². The van der Waals surface area contributed by atoms with Crippen molar-refractivity contribution >= 4 is 28.6 Å². The highest BCUT2D eigenvalue weighted by atomic mass is 127. The fraction of sp³-hybridized carbons (Fsp3) is 0.0714. The molecule has 0 aliphatic carbocycles. The summed E-state index contributed by atoms with van der Waals surface area (Å²) in [6.07, 6.45) is 0. The summed E-state index contributed by atoms with van der Waals surface area (Å²) in [6, 6.07) is 12.5. The number of aryl methyl sites for hydroxylation is 1. The zero-order chi connectivity index (χ0) is 13.1. The van der Waals surface area contributed by atoms with Crippen LogP contribution in [-0.2, 0) is 0 Å². The van der Waals surface area contributed by atoms with Crippen molar-refractivity contribution in [1.82, 2.24) is 0 Å². The average Bonchev–Trinajstić information content (AvgIpc) is 2.31. The molecule has 0 aromatic heterocycles. The smallest absolute Gasteiger partial charge is 0.335 e. The van der Waals surface area contributed by atoms with E-state index in [4.69, 9.17) is 9.84 Å². The third-order valence-corrected chi connectivity index (χ3v) is 3.13. The zero-order valence-corrected chi connectivity index (χ0v) is 11.8. The summed E-state index contributed by atoms with van der Waals surface area (Å²) in [5.41, 5.74) is 1.13. The Balaban J connectivity index is 2.33. The first-order chi connectivity index (χ1) is 8.56. The minimum atomic E-state index is -0.956. The van der Waals surface area contributed by atoms with Gasteiger partial charge in [0.1, 0.15) is 11.5 Å². The molecule has 0 bridgehead atoms. The Morgan fingerprint density at radius 3 is 2.67 bits per heavy atom. The first kappa shape index (κ1) is 12.9. The standard InChI is InChI=1S/C14H11IO3/c1-9-5-6-10(14(16)17)7-13(9)18-12-4-2-3-11(15)8-12/h2-8H,1H3,(H,16,17). The molecule has 0 unspecified atom stereocenters. The molecule has 4 heteroatoms. The quantitative estimate of drug-likeness (QED) is 0.845. The van der Waals surface area contributed by atoms with E-state index in [0.29, 0.717) is 11.5 Å². The molecule has 0 radical (unpaired) electrons. The van der Waals surface area contributed by atoms with Gasteiger partial charge < -0.3 is 9.84 Å². The van der Waals surface area contributed by atoms with Crippen molar-refractivity contribution in [2.75, 3.05) is 0 Å². The van der Waals surface area contributed by atoms with Gasteiger partial charge in [-0.05, 0) is 65.4 Å². The Labute approximate surface area is 119 Å². The molecule has 1 N–H and O–H groups in total. The molecule has 0 amide bonds. The van der Waals surface area contributed by atoms with E-state index in [2.05, 4.69) is 22.6 Å². The van der Waals surface area contributed by atoms with Gasteiger partial charge in [-0.3, -0.25) is 0 Å². The summed E-state index contributed by atoms with van der Waals surface area (Å²) in [5, 5.41) is 8.95. The van der Waals surface area contributed by atoms with Gasteiger partial charge >= 0.3 is 5.97 Å². The maximum atomic E-state index is 10.9. The van der Waals surface area contributed by atoms with E-state index in [1.54, 1.807) is 12.1 Å². The molecular weight excluding hydrogens is 343 g/mol. The molecule has 92 valence electrons. The second-order valence-corrected chi connectivity index (χ2v) is 5.09. The summed E-state index contributed by atoms with van der Waals surface area (Å²) >= 11 is 2.20. The maximum absolute atomic E-state index is 10.9. The highest BCUT2D eigenvalue weighted by Gasteiger charge is 2.08. The predicted molar refractivity (Wildman–Crippen MR) is 77.4 cm³/mol.